The van der Waals surface area contributed by atoms with E-state index in [0.717, 1.165) is 18.5 Å². The number of terminal acetylenes is 1. The summed E-state index contributed by atoms with van der Waals surface area (Å²) in [5.41, 5.74) is -0.898. The van der Waals surface area contributed by atoms with E-state index in [9.17, 15) is 23.3 Å². The minimum absolute atomic E-state index is 0.0551. The Morgan fingerprint density at radius 3 is 2.74 bits per heavy atom. The Balaban J connectivity index is 3.29. The number of carbonyl (C=O) groups excluding carboxylic acids is 1. The molecule has 0 saturated carbocycles. The van der Waals surface area contributed by atoms with Gasteiger partial charge in [-0.15, -0.1) is 6.42 Å². The fourth-order valence-electron chi connectivity index (χ4n) is 1.21. The molecule has 1 aromatic heterocycles. The summed E-state index contributed by atoms with van der Waals surface area (Å²) in [5, 5.41) is 12.4. The summed E-state index contributed by atoms with van der Waals surface area (Å²) >= 11 is 0. The van der Waals surface area contributed by atoms with Crippen LogP contribution in [0, 0.1) is 22.5 Å². The number of nitrogens with zero attached hydrogens (tertiary/aromatic N) is 2. The number of nitro groups is 1. The van der Waals surface area contributed by atoms with Crippen molar-refractivity contribution in [2.45, 2.75) is 5.03 Å². The molecule has 1 rings (SSSR count). The second-order valence-corrected chi connectivity index (χ2v) is 5.40. The van der Waals surface area contributed by atoms with E-state index in [4.69, 9.17) is 6.42 Å². The Kier molecular flexibility index (Phi) is 4.18. The molecule has 19 heavy (non-hydrogen) atoms. The van der Waals surface area contributed by atoms with Crippen LogP contribution in [0.25, 0.3) is 0 Å². The van der Waals surface area contributed by atoms with E-state index >= 15 is 0 Å². The predicted molar refractivity (Wildman–Crippen MR) is 65.2 cm³/mol. The molecule has 0 aliphatic carbocycles. The van der Waals surface area contributed by atoms with Crippen LogP contribution in [-0.2, 0) is 9.84 Å². The normalized spacial score (nSPS) is 10.5. The van der Waals surface area contributed by atoms with E-state index in [1.165, 1.54) is 0 Å². The molecule has 0 saturated heterocycles. The van der Waals surface area contributed by atoms with Gasteiger partial charge < -0.3 is 5.32 Å². The summed E-state index contributed by atoms with van der Waals surface area (Å²) in [7, 11) is -3.85. The van der Waals surface area contributed by atoms with E-state index < -0.39 is 31.4 Å². The van der Waals surface area contributed by atoms with E-state index in [-0.39, 0.29) is 12.1 Å². The zero-order chi connectivity index (χ0) is 14.6. The maximum absolute atomic E-state index is 11.5. The standard InChI is InChI=1S/C10H9N3O5S/c1-3-4-11-9(14)7-5-8(13(15)16)10(12-6-7)19(2,17)18/h1,5-6H,4H2,2H3,(H,11,14). The number of aromatic nitrogens is 1. The maximum Gasteiger partial charge on any atom is 0.307 e. The van der Waals surface area contributed by atoms with Gasteiger partial charge in [0.05, 0.1) is 17.0 Å². The summed E-state index contributed by atoms with van der Waals surface area (Å²) < 4.78 is 22.6. The Labute approximate surface area is 108 Å². The third-order valence-electron chi connectivity index (χ3n) is 1.99. The highest BCUT2D eigenvalue weighted by atomic mass is 32.2. The first-order valence-corrected chi connectivity index (χ1v) is 6.72. The molecule has 0 unspecified atom stereocenters. The zero-order valence-corrected chi connectivity index (χ0v) is 10.6. The highest BCUT2D eigenvalue weighted by Gasteiger charge is 2.25. The average Bonchev–Trinajstić information content (AvgIpc) is 2.34. The van der Waals surface area contributed by atoms with Crippen LogP contribution in [0.15, 0.2) is 17.3 Å². The number of amides is 1. The molecule has 100 valence electrons. The molecular formula is C10H9N3O5S. The molecule has 0 aliphatic rings. The molecule has 1 aromatic rings. The van der Waals surface area contributed by atoms with Gasteiger partial charge in [-0.1, -0.05) is 5.92 Å². The minimum atomic E-state index is -3.85. The monoisotopic (exact) mass is 283 g/mol. The molecule has 0 bridgehead atoms. The molecule has 0 spiro atoms. The number of pyridine rings is 1. The van der Waals surface area contributed by atoms with Gasteiger partial charge in [0.1, 0.15) is 0 Å². The quantitative estimate of drug-likeness (QED) is 0.462. The van der Waals surface area contributed by atoms with Crippen molar-refractivity contribution in [1.29, 1.82) is 0 Å². The van der Waals surface area contributed by atoms with Crippen LogP contribution in [0.4, 0.5) is 5.69 Å². The first-order chi connectivity index (χ1) is 8.77. The minimum Gasteiger partial charge on any atom is -0.341 e. The molecule has 1 amide bonds. The number of hydrogen-bond acceptors (Lipinski definition) is 6. The second-order valence-electron chi connectivity index (χ2n) is 3.46. The van der Waals surface area contributed by atoms with Crippen molar-refractivity contribution in [3.8, 4) is 12.3 Å². The number of hydrogen-bond donors (Lipinski definition) is 1. The van der Waals surface area contributed by atoms with Crippen LogP contribution >= 0.6 is 0 Å². The fraction of sp³-hybridized carbons (Fsp3) is 0.200. The second kappa shape index (κ2) is 5.45. The van der Waals surface area contributed by atoms with Crippen molar-refractivity contribution in [3.05, 3.63) is 27.9 Å². The van der Waals surface area contributed by atoms with Crippen LogP contribution in [0.1, 0.15) is 10.4 Å². The molecule has 1 heterocycles. The van der Waals surface area contributed by atoms with Gasteiger partial charge in [0.15, 0.2) is 9.84 Å². The Bertz CT molecular complexity index is 675. The molecule has 0 aromatic carbocycles. The largest absolute Gasteiger partial charge is 0.341 e. The van der Waals surface area contributed by atoms with Crippen LogP contribution in [0.2, 0.25) is 0 Å². The Morgan fingerprint density at radius 1 is 1.63 bits per heavy atom. The summed E-state index contributed by atoms with van der Waals surface area (Å²) in [6, 6.07) is 0.842. The van der Waals surface area contributed by atoms with E-state index in [1.54, 1.807) is 0 Å². The fourth-order valence-corrected chi connectivity index (χ4v) is 1.97. The summed E-state index contributed by atoms with van der Waals surface area (Å²) in [6.45, 7) is -0.0551. The van der Waals surface area contributed by atoms with Crippen molar-refractivity contribution in [2.24, 2.45) is 0 Å². The molecule has 0 fully saturated rings. The van der Waals surface area contributed by atoms with Crippen LogP contribution in [0.3, 0.4) is 0 Å². The molecular weight excluding hydrogens is 274 g/mol. The first kappa shape index (κ1) is 14.6. The van der Waals surface area contributed by atoms with E-state index in [0.29, 0.717) is 0 Å². The predicted octanol–water partition coefficient (Wildman–Crippen LogP) is -0.244. The van der Waals surface area contributed by atoms with Gasteiger partial charge in [-0.25, -0.2) is 13.4 Å². The molecule has 8 nitrogen and oxygen atoms in total. The molecule has 1 N–H and O–H groups in total. The van der Waals surface area contributed by atoms with Gasteiger partial charge in [-0.05, 0) is 0 Å². The maximum atomic E-state index is 11.5. The van der Waals surface area contributed by atoms with E-state index in [2.05, 4.69) is 16.2 Å². The highest BCUT2D eigenvalue weighted by molar-refractivity contribution is 7.90. The molecule has 9 heteroatoms. The van der Waals surface area contributed by atoms with Gasteiger partial charge >= 0.3 is 5.69 Å². The molecule has 0 atom stereocenters. The van der Waals surface area contributed by atoms with Crippen molar-refractivity contribution >= 4 is 21.4 Å². The summed E-state index contributed by atoms with van der Waals surface area (Å²) in [6.07, 6.45) is 6.68. The van der Waals surface area contributed by atoms with Gasteiger partial charge in [0.25, 0.3) is 5.91 Å². The average molecular weight is 283 g/mol. The summed E-state index contributed by atoms with van der Waals surface area (Å²) in [4.78, 5) is 24.9. The van der Waals surface area contributed by atoms with Crippen LogP contribution in [0.5, 0.6) is 0 Å². The number of sulfone groups is 1. The topological polar surface area (TPSA) is 119 Å². The Morgan fingerprint density at radius 2 is 2.26 bits per heavy atom. The summed E-state index contributed by atoms with van der Waals surface area (Å²) in [5.74, 6) is 1.49. The lowest BCUT2D eigenvalue weighted by atomic mass is 10.2. The Hall–Kier alpha value is -2.47. The van der Waals surface area contributed by atoms with Gasteiger partial charge in [-0.2, -0.15) is 0 Å². The van der Waals surface area contributed by atoms with Crippen molar-refractivity contribution in [3.63, 3.8) is 0 Å². The number of nitrogens with one attached hydrogen (secondary N) is 1. The van der Waals surface area contributed by atoms with E-state index in [1.807, 2.05) is 0 Å². The van der Waals surface area contributed by atoms with Crippen molar-refractivity contribution in [1.82, 2.24) is 10.3 Å². The number of carbonyl (C=O) groups is 1. The lowest BCUT2D eigenvalue weighted by Crippen LogP contribution is -2.24. The lowest BCUT2D eigenvalue weighted by molar-refractivity contribution is -0.388. The third kappa shape index (κ3) is 3.49. The SMILES string of the molecule is C#CCNC(=O)c1cnc(S(C)(=O)=O)c([N+](=O)[O-])c1. The van der Waals surface area contributed by atoms with Crippen molar-refractivity contribution in [2.75, 3.05) is 12.8 Å². The molecule has 0 aliphatic heterocycles. The number of rotatable bonds is 4. The van der Waals surface area contributed by atoms with Gasteiger partial charge in [0, 0.05) is 18.5 Å². The third-order valence-corrected chi connectivity index (χ3v) is 3.01. The smallest absolute Gasteiger partial charge is 0.307 e. The van der Waals surface area contributed by atoms with Gasteiger partial charge in [0.2, 0.25) is 5.03 Å². The van der Waals surface area contributed by atoms with Gasteiger partial charge in [-0.3, -0.25) is 14.9 Å². The van der Waals surface area contributed by atoms with Crippen LogP contribution < -0.4 is 5.32 Å². The zero-order valence-electron chi connectivity index (χ0n) is 9.78. The first-order valence-electron chi connectivity index (χ1n) is 4.83. The van der Waals surface area contributed by atoms with Crippen LogP contribution in [-0.4, -0.2) is 37.0 Å². The van der Waals surface area contributed by atoms with Crippen molar-refractivity contribution < 1.29 is 18.1 Å². The molecule has 0 radical (unpaired) electrons. The lowest BCUT2D eigenvalue weighted by Gasteiger charge is -2.03. The highest BCUT2D eigenvalue weighted by Crippen LogP contribution is 2.22.